The van der Waals surface area contributed by atoms with Gasteiger partial charge in [-0.2, -0.15) is 0 Å². The normalized spacial score (nSPS) is 10.4. The number of nitrogens with zero attached hydrogens (tertiary/aromatic N) is 1. The number of hydrogen-bond donors (Lipinski definition) is 2. The molecule has 1 heterocycles. The number of aromatic nitrogens is 1. The van der Waals surface area contributed by atoms with E-state index in [1.54, 1.807) is 5.38 Å². The predicted octanol–water partition coefficient (Wildman–Crippen LogP) is 3.46. The highest BCUT2D eigenvalue weighted by Gasteiger charge is 2.08. The zero-order chi connectivity index (χ0) is 14.8. The fourth-order valence-electron chi connectivity index (χ4n) is 1.85. The molecule has 0 aliphatic heterocycles. The van der Waals surface area contributed by atoms with Gasteiger partial charge >= 0.3 is 5.97 Å². The number of carbonyl (C=O) groups is 2. The Morgan fingerprint density at radius 3 is 2.65 bits per heavy atom. The molecule has 0 saturated carbocycles. The number of aliphatic carboxylic acids is 1. The second-order valence-electron chi connectivity index (χ2n) is 4.78. The summed E-state index contributed by atoms with van der Waals surface area (Å²) in [5.74, 6) is -0.961. The SMILES string of the molecule is CCCCCCCCC(=O)Nc1nc(CC(=O)O)cs1. The summed E-state index contributed by atoms with van der Waals surface area (Å²) in [7, 11) is 0. The molecule has 0 fully saturated rings. The molecule has 0 aliphatic rings. The lowest BCUT2D eigenvalue weighted by atomic mass is 10.1. The van der Waals surface area contributed by atoms with Crippen molar-refractivity contribution in [3.63, 3.8) is 0 Å². The first kappa shape index (κ1) is 16.6. The van der Waals surface area contributed by atoms with Gasteiger partial charge in [0.25, 0.3) is 0 Å². The summed E-state index contributed by atoms with van der Waals surface area (Å²) in [6.07, 6.45) is 7.27. The van der Waals surface area contributed by atoms with Crippen LogP contribution in [-0.4, -0.2) is 22.0 Å². The van der Waals surface area contributed by atoms with Crippen LogP contribution in [0.3, 0.4) is 0 Å². The third kappa shape index (κ3) is 7.23. The van der Waals surface area contributed by atoms with Crippen molar-refractivity contribution in [1.82, 2.24) is 4.98 Å². The lowest BCUT2D eigenvalue weighted by Crippen LogP contribution is -2.11. The second-order valence-corrected chi connectivity index (χ2v) is 5.64. The minimum Gasteiger partial charge on any atom is -0.481 e. The number of thiazole rings is 1. The number of anilines is 1. The quantitative estimate of drug-likeness (QED) is 0.648. The molecule has 1 amide bonds. The van der Waals surface area contributed by atoms with Crippen molar-refractivity contribution in [2.24, 2.45) is 0 Å². The van der Waals surface area contributed by atoms with E-state index in [0.29, 0.717) is 17.2 Å². The third-order valence-corrected chi connectivity index (χ3v) is 3.69. The van der Waals surface area contributed by atoms with Gasteiger partial charge in [0.1, 0.15) is 0 Å². The van der Waals surface area contributed by atoms with E-state index in [-0.39, 0.29) is 12.3 Å². The average molecular weight is 298 g/mol. The standard InChI is InChI=1S/C14H22N2O3S/c1-2-3-4-5-6-7-8-12(17)16-14-15-11(10-20-14)9-13(18)19/h10H,2-9H2,1H3,(H,18,19)(H,15,16,17). The molecule has 0 radical (unpaired) electrons. The lowest BCUT2D eigenvalue weighted by molar-refractivity contribution is -0.136. The van der Waals surface area contributed by atoms with Crippen molar-refractivity contribution in [3.8, 4) is 0 Å². The summed E-state index contributed by atoms with van der Waals surface area (Å²) >= 11 is 1.26. The van der Waals surface area contributed by atoms with Crippen molar-refractivity contribution in [2.45, 2.75) is 58.3 Å². The van der Waals surface area contributed by atoms with Crippen molar-refractivity contribution in [1.29, 1.82) is 0 Å². The maximum absolute atomic E-state index is 11.7. The smallest absolute Gasteiger partial charge is 0.309 e. The van der Waals surface area contributed by atoms with Gasteiger partial charge in [-0.05, 0) is 6.42 Å². The van der Waals surface area contributed by atoms with E-state index >= 15 is 0 Å². The Balaban J connectivity index is 2.18. The fraction of sp³-hybridized carbons (Fsp3) is 0.643. The first-order chi connectivity index (χ1) is 9.61. The largest absolute Gasteiger partial charge is 0.481 e. The number of carboxylic acid groups (broad SMARTS) is 1. The fourth-order valence-corrected chi connectivity index (χ4v) is 2.57. The van der Waals surface area contributed by atoms with Crippen molar-refractivity contribution >= 4 is 28.3 Å². The molecule has 1 aromatic heterocycles. The molecular formula is C14H22N2O3S. The molecule has 0 aromatic carbocycles. The zero-order valence-corrected chi connectivity index (χ0v) is 12.7. The second kappa shape index (κ2) is 9.47. The summed E-state index contributed by atoms with van der Waals surface area (Å²) in [4.78, 5) is 26.3. The number of unbranched alkanes of at least 4 members (excludes halogenated alkanes) is 5. The number of carbonyl (C=O) groups excluding carboxylic acids is 1. The van der Waals surface area contributed by atoms with Crippen LogP contribution in [0.4, 0.5) is 5.13 Å². The molecule has 0 spiro atoms. The lowest BCUT2D eigenvalue weighted by Gasteiger charge is -2.02. The number of hydrogen-bond acceptors (Lipinski definition) is 4. The maximum Gasteiger partial charge on any atom is 0.309 e. The average Bonchev–Trinajstić information content (AvgIpc) is 2.80. The van der Waals surface area contributed by atoms with Gasteiger partial charge in [0.05, 0.1) is 12.1 Å². The van der Waals surface area contributed by atoms with Crippen molar-refractivity contribution in [2.75, 3.05) is 5.32 Å². The van der Waals surface area contributed by atoms with Crippen LogP contribution in [0, 0.1) is 0 Å². The van der Waals surface area contributed by atoms with E-state index in [1.165, 1.54) is 37.0 Å². The van der Waals surface area contributed by atoms with E-state index < -0.39 is 5.97 Å². The van der Waals surface area contributed by atoms with Gasteiger partial charge < -0.3 is 10.4 Å². The summed E-state index contributed by atoms with van der Waals surface area (Å²) in [5, 5.41) is 13.5. The van der Waals surface area contributed by atoms with Gasteiger partial charge in [0.2, 0.25) is 5.91 Å². The molecule has 112 valence electrons. The highest BCUT2D eigenvalue weighted by atomic mass is 32.1. The van der Waals surface area contributed by atoms with Gasteiger partial charge in [-0.3, -0.25) is 9.59 Å². The van der Waals surface area contributed by atoms with Crippen LogP contribution in [0.2, 0.25) is 0 Å². The Labute approximate surface area is 123 Å². The van der Waals surface area contributed by atoms with Gasteiger partial charge in [-0.25, -0.2) is 4.98 Å². The molecule has 2 N–H and O–H groups in total. The molecule has 0 unspecified atom stereocenters. The van der Waals surface area contributed by atoms with Crippen LogP contribution in [0.15, 0.2) is 5.38 Å². The molecule has 1 rings (SSSR count). The van der Waals surface area contributed by atoms with Gasteiger partial charge in [-0.1, -0.05) is 39.0 Å². The van der Waals surface area contributed by atoms with Gasteiger partial charge in [0, 0.05) is 11.8 Å². The maximum atomic E-state index is 11.7. The molecule has 0 aliphatic carbocycles. The molecule has 1 aromatic rings. The van der Waals surface area contributed by atoms with E-state index in [2.05, 4.69) is 17.2 Å². The van der Waals surface area contributed by atoms with E-state index in [9.17, 15) is 9.59 Å². The first-order valence-corrected chi connectivity index (χ1v) is 7.95. The minimum absolute atomic E-state index is 0.0447. The van der Waals surface area contributed by atoms with Gasteiger partial charge in [0.15, 0.2) is 5.13 Å². The highest BCUT2D eigenvalue weighted by Crippen LogP contribution is 2.16. The number of rotatable bonds is 10. The van der Waals surface area contributed by atoms with Gasteiger partial charge in [-0.15, -0.1) is 11.3 Å². The summed E-state index contributed by atoms with van der Waals surface area (Å²) in [6.45, 7) is 2.18. The third-order valence-electron chi connectivity index (χ3n) is 2.89. The minimum atomic E-state index is -0.916. The monoisotopic (exact) mass is 298 g/mol. The Hall–Kier alpha value is -1.43. The van der Waals surface area contributed by atoms with Crippen LogP contribution >= 0.6 is 11.3 Å². The molecule has 0 atom stereocenters. The van der Waals surface area contributed by atoms with Crippen LogP contribution in [0.5, 0.6) is 0 Å². The van der Waals surface area contributed by atoms with E-state index in [0.717, 1.165) is 12.8 Å². The van der Waals surface area contributed by atoms with E-state index in [4.69, 9.17) is 5.11 Å². The predicted molar refractivity (Wildman–Crippen MR) is 80.1 cm³/mol. The zero-order valence-electron chi connectivity index (χ0n) is 11.9. The van der Waals surface area contributed by atoms with Crippen LogP contribution in [0.25, 0.3) is 0 Å². The molecule has 0 saturated heterocycles. The van der Waals surface area contributed by atoms with Crippen molar-refractivity contribution in [3.05, 3.63) is 11.1 Å². The Morgan fingerprint density at radius 2 is 1.95 bits per heavy atom. The first-order valence-electron chi connectivity index (χ1n) is 7.08. The van der Waals surface area contributed by atoms with Crippen LogP contribution in [-0.2, 0) is 16.0 Å². The Kier molecular flexibility index (Phi) is 7.87. The molecular weight excluding hydrogens is 276 g/mol. The highest BCUT2D eigenvalue weighted by molar-refractivity contribution is 7.13. The van der Waals surface area contributed by atoms with Crippen molar-refractivity contribution < 1.29 is 14.7 Å². The number of carboxylic acids is 1. The molecule has 20 heavy (non-hydrogen) atoms. The molecule has 5 nitrogen and oxygen atoms in total. The Morgan fingerprint density at radius 1 is 1.25 bits per heavy atom. The molecule has 0 bridgehead atoms. The van der Waals surface area contributed by atoms with Crippen LogP contribution in [0.1, 0.15) is 57.6 Å². The number of nitrogens with one attached hydrogen (secondary N) is 1. The summed E-state index contributed by atoms with van der Waals surface area (Å²) in [6, 6.07) is 0. The van der Waals surface area contributed by atoms with Crippen LogP contribution < -0.4 is 5.32 Å². The molecule has 6 heteroatoms. The topological polar surface area (TPSA) is 79.3 Å². The summed E-state index contributed by atoms with van der Waals surface area (Å²) < 4.78 is 0. The van der Waals surface area contributed by atoms with E-state index in [1.807, 2.05) is 0 Å². The Bertz CT molecular complexity index is 432. The summed E-state index contributed by atoms with van der Waals surface area (Å²) in [5.41, 5.74) is 0.484. The number of amides is 1.